The first-order valence-electron chi connectivity index (χ1n) is 16.6. The Morgan fingerprint density at radius 3 is 2.17 bits per heavy atom. The predicted molar refractivity (Wildman–Crippen MR) is 185 cm³/mol. The fraction of sp³-hybridized carbons (Fsp3) is 0.556. The smallest absolute Gasteiger partial charge is 0.303 e. The van der Waals surface area contributed by atoms with Crippen molar-refractivity contribution < 1.29 is 39.6 Å². The number of likely N-dealkylation sites (tertiary alicyclic amines) is 1. The number of fused-ring (bicyclic) bond motifs is 1. The summed E-state index contributed by atoms with van der Waals surface area (Å²) in [6.07, 6.45) is 4.08. The Labute approximate surface area is 287 Å². The van der Waals surface area contributed by atoms with Gasteiger partial charge in [0.15, 0.2) is 0 Å². The first kappa shape index (κ1) is 38.8. The van der Waals surface area contributed by atoms with Crippen molar-refractivity contribution in [2.24, 2.45) is 11.8 Å². The summed E-state index contributed by atoms with van der Waals surface area (Å²) in [6, 6.07) is 13.9. The molecule has 2 amide bonds. The molecule has 12 heteroatoms. The number of rotatable bonds is 12. The minimum Gasteiger partial charge on any atom is -0.508 e. The molecule has 1 heterocycles. The number of hydrogen-bond donors (Lipinski definition) is 6. The van der Waals surface area contributed by atoms with Crippen LogP contribution in [-0.4, -0.2) is 91.6 Å². The van der Waals surface area contributed by atoms with Gasteiger partial charge in [-0.15, -0.1) is 11.8 Å². The van der Waals surface area contributed by atoms with E-state index in [9.17, 15) is 29.4 Å². The molecule has 1 aliphatic carbocycles. The number of carbonyl (C=O) groups is 4. The number of carboxylic acids is 2. The number of phenols is 1. The topological polar surface area (TPSA) is 176 Å². The van der Waals surface area contributed by atoms with Crippen molar-refractivity contribution in [1.82, 2.24) is 15.5 Å². The number of nitrogens with one attached hydrogen (secondary N) is 2. The van der Waals surface area contributed by atoms with Gasteiger partial charge < -0.3 is 31.1 Å². The van der Waals surface area contributed by atoms with Crippen LogP contribution in [0.1, 0.15) is 81.6 Å². The lowest BCUT2D eigenvalue weighted by molar-refractivity contribution is -0.143. The number of amides is 2. The van der Waals surface area contributed by atoms with E-state index < -0.39 is 24.1 Å². The number of carboxylic acid groups (broad SMARTS) is 2. The second-order valence-electron chi connectivity index (χ2n) is 13.8. The van der Waals surface area contributed by atoms with Gasteiger partial charge in [0.2, 0.25) is 5.91 Å². The molecule has 0 aromatic heterocycles. The third-order valence-corrected chi connectivity index (χ3v) is 9.91. The molecule has 0 unspecified atom stereocenters. The van der Waals surface area contributed by atoms with E-state index in [1.807, 2.05) is 51.1 Å². The molecule has 4 rings (SSSR count). The number of aromatic hydroxyl groups is 1. The molecule has 5 atom stereocenters. The number of phenolic OH excluding ortho intramolecular Hbond substituents is 1. The monoisotopic (exact) mass is 685 g/mol. The number of benzene rings is 2. The number of aliphatic hydroxyl groups is 1. The molecular formula is C36H51N3O8S. The van der Waals surface area contributed by atoms with Crippen LogP contribution >= 0.6 is 11.8 Å². The highest BCUT2D eigenvalue weighted by Crippen LogP contribution is 2.39. The lowest BCUT2D eigenvalue weighted by Crippen LogP contribution is -2.60. The number of carbonyl (C=O) groups excluding carboxylic acids is 2. The zero-order chi connectivity index (χ0) is 35.4. The van der Waals surface area contributed by atoms with E-state index in [2.05, 4.69) is 15.5 Å². The Hall–Kier alpha value is -3.61. The van der Waals surface area contributed by atoms with Crippen LogP contribution in [-0.2, 0) is 14.4 Å². The van der Waals surface area contributed by atoms with Crippen molar-refractivity contribution in [1.29, 1.82) is 0 Å². The van der Waals surface area contributed by atoms with Crippen LogP contribution in [0.4, 0.5) is 0 Å². The van der Waals surface area contributed by atoms with Crippen molar-refractivity contribution in [3.05, 3.63) is 59.7 Å². The van der Waals surface area contributed by atoms with Crippen molar-refractivity contribution in [2.75, 3.05) is 18.8 Å². The Morgan fingerprint density at radius 2 is 1.56 bits per heavy atom. The molecule has 11 nitrogen and oxygen atoms in total. The first-order valence-corrected chi connectivity index (χ1v) is 17.6. The maximum Gasteiger partial charge on any atom is 0.303 e. The maximum absolute atomic E-state index is 13.5. The summed E-state index contributed by atoms with van der Waals surface area (Å²) in [5.41, 5.74) is 0.543. The van der Waals surface area contributed by atoms with Crippen LogP contribution < -0.4 is 10.6 Å². The van der Waals surface area contributed by atoms with Crippen molar-refractivity contribution in [3.8, 4) is 5.75 Å². The van der Waals surface area contributed by atoms with E-state index in [1.54, 1.807) is 36.9 Å². The molecule has 1 saturated heterocycles. The molecule has 2 fully saturated rings. The standard InChI is InChI=1S/C32H45N3O4S.C4H6O4/c1-21-25(15-10-16-28(21)36)30(38)33-26(20-40-24-13-6-5-7-14-24)29(37)19-35-18-23-12-9-8-11-22(23)17-27(35)31(39)34-32(2,3)4;5-3(6)1-2-4(7)8/h5-7,10,13-16,22-23,26-27,29,36-37H,8-9,11-12,17-20H2,1-4H3,(H,33,38)(H,34,39);1-2H2,(H,5,6)(H,7,8)/t22-,23+,26-,27-,29+;/m0./s1. The van der Waals surface area contributed by atoms with Crippen molar-refractivity contribution in [2.45, 2.75) is 101 Å². The second kappa shape index (κ2) is 18.2. The van der Waals surface area contributed by atoms with E-state index in [4.69, 9.17) is 10.2 Å². The lowest BCUT2D eigenvalue weighted by atomic mass is 9.72. The molecule has 1 saturated carbocycles. The van der Waals surface area contributed by atoms with E-state index in [1.165, 1.54) is 12.8 Å². The van der Waals surface area contributed by atoms with Gasteiger partial charge in [0, 0.05) is 40.4 Å². The van der Waals surface area contributed by atoms with Crippen LogP contribution in [0.3, 0.4) is 0 Å². The number of β-amino-alcohol motifs (C(OH)–C–C–N with tert-alkyl or cyclic N) is 1. The van der Waals surface area contributed by atoms with E-state index >= 15 is 0 Å². The number of aliphatic carboxylic acids is 2. The highest BCUT2D eigenvalue weighted by molar-refractivity contribution is 7.99. The Bertz CT molecular complexity index is 1370. The third kappa shape index (κ3) is 12.4. The van der Waals surface area contributed by atoms with Crippen LogP contribution in [0, 0.1) is 18.8 Å². The molecule has 2 aromatic carbocycles. The fourth-order valence-electron chi connectivity index (χ4n) is 6.28. The number of nitrogens with zero attached hydrogens (tertiary/aromatic N) is 1. The van der Waals surface area contributed by atoms with Gasteiger partial charge in [-0.25, -0.2) is 0 Å². The van der Waals surface area contributed by atoms with Gasteiger partial charge in [0.05, 0.1) is 31.0 Å². The highest BCUT2D eigenvalue weighted by Gasteiger charge is 2.41. The van der Waals surface area contributed by atoms with Gasteiger partial charge in [0.25, 0.3) is 5.91 Å². The average molecular weight is 686 g/mol. The van der Waals surface area contributed by atoms with Gasteiger partial charge in [0.1, 0.15) is 5.75 Å². The minimum absolute atomic E-state index is 0.0124. The van der Waals surface area contributed by atoms with E-state index in [0.29, 0.717) is 35.3 Å². The van der Waals surface area contributed by atoms with Crippen molar-refractivity contribution >= 4 is 35.5 Å². The lowest BCUT2D eigenvalue weighted by Gasteiger charge is -2.47. The number of aliphatic hydroxyl groups excluding tert-OH is 1. The highest BCUT2D eigenvalue weighted by atomic mass is 32.2. The fourth-order valence-corrected chi connectivity index (χ4v) is 7.30. The van der Waals surface area contributed by atoms with Gasteiger partial charge in [-0.1, -0.05) is 43.5 Å². The first-order chi connectivity index (χ1) is 22.6. The third-order valence-electron chi connectivity index (χ3n) is 8.78. The van der Waals surface area contributed by atoms with Crippen molar-refractivity contribution in [3.63, 3.8) is 0 Å². The van der Waals surface area contributed by atoms with Crippen LogP contribution in [0.2, 0.25) is 0 Å². The van der Waals surface area contributed by atoms with Gasteiger partial charge in [-0.2, -0.15) is 0 Å². The minimum atomic E-state index is -1.08. The SMILES string of the molecule is Cc1c(O)cccc1C(=O)N[C@@H](CSc1ccccc1)[C@H](O)CN1C[C@H]2CCCC[C@H]2C[C@H]1C(=O)NC(C)(C)C.O=C(O)CCC(=O)O. The molecule has 264 valence electrons. The van der Waals surface area contributed by atoms with E-state index in [-0.39, 0.29) is 42.0 Å². The maximum atomic E-state index is 13.5. The predicted octanol–water partition coefficient (Wildman–Crippen LogP) is 4.68. The molecule has 48 heavy (non-hydrogen) atoms. The Kier molecular flexibility index (Phi) is 14.8. The van der Waals surface area contributed by atoms with E-state index in [0.717, 1.165) is 30.7 Å². The summed E-state index contributed by atoms with van der Waals surface area (Å²) in [6.45, 7) is 8.76. The van der Waals surface area contributed by atoms with Crippen LogP contribution in [0.15, 0.2) is 53.4 Å². The molecule has 0 bridgehead atoms. The molecule has 2 aromatic rings. The van der Waals surface area contributed by atoms with Gasteiger partial charge >= 0.3 is 11.9 Å². The largest absolute Gasteiger partial charge is 0.508 e. The number of piperidine rings is 1. The molecule has 2 aliphatic rings. The summed E-state index contributed by atoms with van der Waals surface area (Å²) >= 11 is 1.57. The van der Waals surface area contributed by atoms with Crippen LogP contribution in [0.25, 0.3) is 0 Å². The molecular weight excluding hydrogens is 634 g/mol. The summed E-state index contributed by atoms with van der Waals surface area (Å²) < 4.78 is 0. The molecule has 0 radical (unpaired) electrons. The second-order valence-corrected chi connectivity index (χ2v) is 14.9. The summed E-state index contributed by atoms with van der Waals surface area (Å²) in [4.78, 5) is 49.3. The zero-order valence-electron chi connectivity index (χ0n) is 28.4. The Balaban J connectivity index is 0.000000694. The van der Waals surface area contributed by atoms with Gasteiger partial charge in [-0.05, 0) is 76.6 Å². The molecule has 0 spiro atoms. The summed E-state index contributed by atoms with van der Waals surface area (Å²) in [7, 11) is 0. The number of thioether (sulfide) groups is 1. The molecule has 1 aliphatic heterocycles. The zero-order valence-corrected chi connectivity index (χ0v) is 29.2. The van der Waals surface area contributed by atoms with Gasteiger partial charge in [-0.3, -0.25) is 24.1 Å². The summed E-state index contributed by atoms with van der Waals surface area (Å²) in [5.74, 6) is -0.881. The average Bonchev–Trinajstić information content (AvgIpc) is 3.02. The quantitative estimate of drug-likeness (QED) is 0.172. The van der Waals surface area contributed by atoms with Crippen LogP contribution in [0.5, 0.6) is 5.75 Å². The normalized spacial score (nSPS) is 20.6. The molecule has 6 N–H and O–H groups in total. The summed E-state index contributed by atoms with van der Waals surface area (Å²) in [5, 5.41) is 43.8. The number of hydrogen-bond acceptors (Lipinski definition) is 8. The Morgan fingerprint density at radius 1 is 0.938 bits per heavy atom.